The largest absolute Gasteiger partial charge is 0.483 e. The molecule has 1 unspecified atom stereocenters. The molecule has 3 nitrogen and oxygen atoms in total. The van der Waals surface area contributed by atoms with E-state index in [1.807, 2.05) is 0 Å². The van der Waals surface area contributed by atoms with Gasteiger partial charge in [-0.2, -0.15) is 0 Å². The van der Waals surface area contributed by atoms with Crippen molar-refractivity contribution >= 4 is 5.78 Å². The van der Waals surface area contributed by atoms with Crippen LogP contribution in [-0.2, 0) is 4.79 Å². The summed E-state index contributed by atoms with van der Waals surface area (Å²) in [5.74, 6) is 0.279. The van der Waals surface area contributed by atoms with Gasteiger partial charge in [0.25, 0.3) is 0 Å². The predicted molar refractivity (Wildman–Crippen MR) is 53.3 cm³/mol. The van der Waals surface area contributed by atoms with Gasteiger partial charge in [0.1, 0.15) is 11.6 Å². The molecule has 1 aliphatic heterocycles. The lowest BCUT2D eigenvalue weighted by Gasteiger charge is -2.22. The Morgan fingerprint density at radius 1 is 1.33 bits per heavy atom. The van der Waals surface area contributed by atoms with Gasteiger partial charge >= 0.3 is 0 Å². The van der Waals surface area contributed by atoms with Crippen LogP contribution in [0.15, 0.2) is 24.3 Å². The smallest absolute Gasteiger partial charge is 0.187 e. The highest BCUT2D eigenvalue weighted by molar-refractivity contribution is 5.86. The van der Waals surface area contributed by atoms with Gasteiger partial charge < -0.3 is 10.1 Å². The van der Waals surface area contributed by atoms with E-state index in [9.17, 15) is 9.18 Å². The summed E-state index contributed by atoms with van der Waals surface area (Å²) in [5.41, 5.74) is 0. The maximum absolute atomic E-state index is 12.6. The van der Waals surface area contributed by atoms with E-state index in [0.717, 1.165) is 6.54 Å². The number of Topliss-reactive ketones (excluding diaryl/α,β-unsaturated/α-hetero) is 1. The van der Waals surface area contributed by atoms with Gasteiger partial charge in [-0.05, 0) is 30.8 Å². The number of ether oxygens (including phenoxy) is 1. The van der Waals surface area contributed by atoms with E-state index < -0.39 is 6.10 Å². The van der Waals surface area contributed by atoms with E-state index in [0.29, 0.717) is 18.7 Å². The first kappa shape index (κ1) is 10.1. The van der Waals surface area contributed by atoms with Crippen molar-refractivity contribution in [3.63, 3.8) is 0 Å². The molecule has 1 aliphatic rings. The Labute approximate surface area is 87.2 Å². The number of piperidine rings is 1. The Hall–Kier alpha value is -1.42. The quantitative estimate of drug-likeness (QED) is 0.793. The molecule has 0 bridgehead atoms. The molecule has 0 amide bonds. The molecule has 2 rings (SSSR count). The number of rotatable bonds is 2. The number of nitrogens with one attached hydrogen (secondary N) is 1. The van der Waals surface area contributed by atoms with Crippen LogP contribution in [0.5, 0.6) is 5.75 Å². The molecule has 1 N–H and O–H groups in total. The Bertz CT molecular complexity index is 350. The normalized spacial score (nSPS) is 21.4. The average Bonchev–Trinajstić information content (AvgIpc) is 2.25. The highest BCUT2D eigenvalue weighted by Crippen LogP contribution is 2.15. The van der Waals surface area contributed by atoms with Gasteiger partial charge in [0, 0.05) is 6.42 Å². The molecule has 0 radical (unpaired) electrons. The molecule has 0 aromatic heterocycles. The van der Waals surface area contributed by atoms with Gasteiger partial charge in [0.05, 0.1) is 6.54 Å². The maximum atomic E-state index is 12.6. The first-order valence-electron chi connectivity index (χ1n) is 4.91. The molecule has 80 valence electrons. The molecule has 1 saturated heterocycles. The van der Waals surface area contributed by atoms with Gasteiger partial charge in [-0.1, -0.05) is 0 Å². The topological polar surface area (TPSA) is 38.3 Å². The third-order valence-electron chi connectivity index (χ3n) is 2.33. The fourth-order valence-corrected chi connectivity index (χ4v) is 1.52. The lowest BCUT2D eigenvalue weighted by atomic mass is 10.1. The van der Waals surface area contributed by atoms with Crippen LogP contribution in [0.3, 0.4) is 0 Å². The van der Waals surface area contributed by atoms with E-state index in [-0.39, 0.29) is 11.6 Å². The second kappa shape index (κ2) is 4.40. The average molecular weight is 209 g/mol. The van der Waals surface area contributed by atoms with Crippen molar-refractivity contribution < 1.29 is 13.9 Å². The van der Waals surface area contributed by atoms with Crippen LogP contribution >= 0.6 is 0 Å². The van der Waals surface area contributed by atoms with Gasteiger partial charge in [-0.25, -0.2) is 4.39 Å². The molecule has 15 heavy (non-hydrogen) atoms. The van der Waals surface area contributed by atoms with E-state index in [1.165, 1.54) is 24.3 Å². The Morgan fingerprint density at radius 2 is 2.07 bits per heavy atom. The minimum Gasteiger partial charge on any atom is -0.483 e. The molecular weight excluding hydrogens is 197 g/mol. The summed E-state index contributed by atoms with van der Waals surface area (Å²) in [6.45, 7) is 1.13. The summed E-state index contributed by atoms with van der Waals surface area (Å²) in [4.78, 5) is 11.4. The number of hydrogen-bond donors (Lipinski definition) is 1. The van der Waals surface area contributed by atoms with Crippen molar-refractivity contribution in [3.05, 3.63) is 30.1 Å². The van der Waals surface area contributed by atoms with Gasteiger partial charge in [0.15, 0.2) is 11.9 Å². The van der Waals surface area contributed by atoms with E-state index >= 15 is 0 Å². The minimum absolute atomic E-state index is 0.0468. The first-order chi connectivity index (χ1) is 7.25. The summed E-state index contributed by atoms with van der Waals surface area (Å²) >= 11 is 0. The molecule has 0 saturated carbocycles. The third-order valence-corrected chi connectivity index (χ3v) is 2.33. The van der Waals surface area contributed by atoms with Crippen molar-refractivity contribution in [2.45, 2.75) is 12.5 Å². The van der Waals surface area contributed by atoms with E-state index in [1.54, 1.807) is 0 Å². The van der Waals surface area contributed by atoms with Gasteiger partial charge in [0.2, 0.25) is 0 Å². The molecule has 0 spiro atoms. The number of halogens is 1. The fourth-order valence-electron chi connectivity index (χ4n) is 1.52. The molecule has 0 aliphatic carbocycles. The number of benzene rings is 1. The minimum atomic E-state index is -0.392. The Kier molecular flexibility index (Phi) is 2.97. The monoisotopic (exact) mass is 209 g/mol. The number of ketones is 1. The maximum Gasteiger partial charge on any atom is 0.187 e. The van der Waals surface area contributed by atoms with Crippen LogP contribution < -0.4 is 10.1 Å². The van der Waals surface area contributed by atoms with Crippen LogP contribution in [-0.4, -0.2) is 25.0 Å². The number of carbonyl (C=O) groups excluding carboxylic acids is 1. The molecule has 4 heteroatoms. The van der Waals surface area contributed by atoms with Crippen molar-refractivity contribution in [1.29, 1.82) is 0 Å². The van der Waals surface area contributed by atoms with Crippen LogP contribution in [0.25, 0.3) is 0 Å². The van der Waals surface area contributed by atoms with Crippen LogP contribution in [0.1, 0.15) is 6.42 Å². The van der Waals surface area contributed by atoms with Crippen molar-refractivity contribution in [2.24, 2.45) is 0 Å². The highest BCUT2D eigenvalue weighted by atomic mass is 19.1. The predicted octanol–water partition coefficient (Wildman–Crippen LogP) is 1.14. The van der Waals surface area contributed by atoms with E-state index in [4.69, 9.17) is 4.74 Å². The Balaban J connectivity index is 2.01. The van der Waals surface area contributed by atoms with Crippen molar-refractivity contribution in [1.82, 2.24) is 5.32 Å². The SMILES string of the molecule is O=C1CNCCC1Oc1ccc(F)cc1. The zero-order valence-electron chi connectivity index (χ0n) is 8.20. The molecule has 1 fully saturated rings. The summed E-state index contributed by atoms with van der Waals surface area (Å²) in [6.07, 6.45) is 0.271. The zero-order chi connectivity index (χ0) is 10.7. The zero-order valence-corrected chi connectivity index (χ0v) is 8.20. The van der Waals surface area contributed by atoms with Crippen LogP contribution in [0.2, 0.25) is 0 Å². The van der Waals surface area contributed by atoms with Crippen molar-refractivity contribution in [2.75, 3.05) is 13.1 Å². The summed E-state index contributed by atoms with van der Waals surface area (Å²) < 4.78 is 18.1. The van der Waals surface area contributed by atoms with Crippen molar-refractivity contribution in [3.8, 4) is 5.75 Å². The standard InChI is InChI=1S/C11H12FNO2/c12-8-1-3-9(4-2-8)15-11-5-6-13-7-10(11)14/h1-4,11,13H,5-7H2. The fraction of sp³-hybridized carbons (Fsp3) is 0.364. The second-order valence-corrected chi connectivity index (χ2v) is 3.49. The first-order valence-corrected chi connectivity index (χ1v) is 4.91. The number of hydrogen-bond acceptors (Lipinski definition) is 3. The Morgan fingerprint density at radius 3 is 2.73 bits per heavy atom. The third kappa shape index (κ3) is 2.53. The second-order valence-electron chi connectivity index (χ2n) is 3.49. The van der Waals surface area contributed by atoms with Gasteiger partial charge in [-0.3, -0.25) is 4.79 Å². The lowest BCUT2D eigenvalue weighted by molar-refractivity contribution is -0.126. The molecule has 1 heterocycles. The summed E-state index contributed by atoms with van der Waals surface area (Å²) in [5, 5.41) is 2.97. The molecule has 1 aromatic carbocycles. The van der Waals surface area contributed by atoms with Crippen LogP contribution in [0.4, 0.5) is 4.39 Å². The lowest BCUT2D eigenvalue weighted by Crippen LogP contribution is -2.43. The van der Waals surface area contributed by atoms with Crippen LogP contribution in [0, 0.1) is 5.82 Å². The number of carbonyl (C=O) groups is 1. The summed E-state index contributed by atoms with van der Waals surface area (Å²) in [6, 6.07) is 5.71. The molecule has 1 atom stereocenters. The summed E-state index contributed by atoms with van der Waals surface area (Å²) in [7, 11) is 0. The molecule has 1 aromatic rings. The highest BCUT2D eigenvalue weighted by Gasteiger charge is 2.23. The molecular formula is C11H12FNO2. The van der Waals surface area contributed by atoms with Gasteiger partial charge in [-0.15, -0.1) is 0 Å². The van der Waals surface area contributed by atoms with E-state index in [2.05, 4.69) is 5.32 Å².